The van der Waals surface area contributed by atoms with Crippen LogP contribution in [0, 0.1) is 38.1 Å². The maximum atomic E-state index is 12.0. The van der Waals surface area contributed by atoms with E-state index in [0.717, 1.165) is 9.13 Å². The molecule has 0 spiro atoms. The second kappa shape index (κ2) is 6.02. The first-order valence-electron chi connectivity index (χ1n) is 5.97. The molecule has 2 rings (SSSR count). The fourth-order valence-corrected chi connectivity index (χ4v) is 3.13. The summed E-state index contributed by atoms with van der Waals surface area (Å²) in [7, 11) is 0. The Morgan fingerprint density at radius 2 is 2.00 bits per heavy atom. The lowest BCUT2D eigenvalue weighted by Gasteiger charge is -2.24. The SMILES string of the molecule is CC1=NNC(=O)[C@H]1[C@H](c1ccccc1I)C(C#N)C#N. The van der Waals surface area contributed by atoms with Gasteiger partial charge < -0.3 is 0 Å². The van der Waals surface area contributed by atoms with Gasteiger partial charge in [0.25, 0.3) is 0 Å². The molecule has 0 saturated heterocycles. The number of benzene rings is 1. The molecule has 1 aromatic carbocycles. The summed E-state index contributed by atoms with van der Waals surface area (Å²) in [6.45, 7) is 1.73. The van der Waals surface area contributed by atoms with Crippen LogP contribution in [0.3, 0.4) is 0 Å². The first-order chi connectivity index (χ1) is 9.60. The van der Waals surface area contributed by atoms with Crippen molar-refractivity contribution in [1.29, 1.82) is 10.5 Å². The van der Waals surface area contributed by atoms with Gasteiger partial charge in [0.2, 0.25) is 5.91 Å². The first kappa shape index (κ1) is 14.5. The number of nitriles is 2. The van der Waals surface area contributed by atoms with Gasteiger partial charge in [0.05, 0.1) is 18.1 Å². The molecular formula is C14H11IN4O. The van der Waals surface area contributed by atoms with Gasteiger partial charge in [-0.25, -0.2) is 5.43 Å². The summed E-state index contributed by atoms with van der Waals surface area (Å²) in [5.41, 5.74) is 3.86. The highest BCUT2D eigenvalue weighted by atomic mass is 127. The van der Waals surface area contributed by atoms with Gasteiger partial charge in [0.15, 0.2) is 0 Å². The smallest absolute Gasteiger partial charge is 0.249 e. The molecule has 1 aromatic rings. The van der Waals surface area contributed by atoms with Crippen LogP contribution in [-0.4, -0.2) is 11.6 Å². The number of halogens is 1. The number of hydrogen-bond donors (Lipinski definition) is 1. The lowest BCUT2D eigenvalue weighted by Crippen LogP contribution is -2.32. The van der Waals surface area contributed by atoms with Crippen molar-refractivity contribution in [1.82, 2.24) is 5.43 Å². The Kier molecular flexibility index (Phi) is 4.35. The molecule has 1 aliphatic rings. The molecule has 0 aliphatic carbocycles. The van der Waals surface area contributed by atoms with E-state index in [2.05, 4.69) is 33.1 Å². The van der Waals surface area contributed by atoms with Gasteiger partial charge in [-0.1, -0.05) is 18.2 Å². The van der Waals surface area contributed by atoms with Crippen LogP contribution in [0.4, 0.5) is 0 Å². The van der Waals surface area contributed by atoms with Gasteiger partial charge in [-0.3, -0.25) is 4.79 Å². The summed E-state index contributed by atoms with van der Waals surface area (Å²) >= 11 is 2.15. The zero-order valence-corrected chi connectivity index (χ0v) is 12.8. The van der Waals surface area contributed by atoms with E-state index in [1.54, 1.807) is 6.92 Å². The molecule has 1 aliphatic heterocycles. The maximum absolute atomic E-state index is 12.0. The van der Waals surface area contributed by atoms with Crippen molar-refractivity contribution in [3.05, 3.63) is 33.4 Å². The van der Waals surface area contributed by atoms with Crippen LogP contribution >= 0.6 is 22.6 Å². The van der Waals surface area contributed by atoms with Crippen LogP contribution in [0.5, 0.6) is 0 Å². The Balaban J connectivity index is 2.55. The summed E-state index contributed by atoms with van der Waals surface area (Å²) in [6, 6.07) is 11.5. The van der Waals surface area contributed by atoms with Gasteiger partial charge in [-0.15, -0.1) is 0 Å². The van der Waals surface area contributed by atoms with Crippen molar-refractivity contribution >= 4 is 34.2 Å². The minimum absolute atomic E-state index is 0.261. The largest absolute Gasteiger partial charge is 0.272 e. The molecular weight excluding hydrogens is 367 g/mol. The van der Waals surface area contributed by atoms with Crippen LogP contribution < -0.4 is 5.43 Å². The normalized spacial score (nSPS) is 18.9. The van der Waals surface area contributed by atoms with Crippen LogP contribution in [0.1, 0.15) is 18.4 Å². The van der Waals surface area contributed by atoms with E-state index >= 15 is 0 Å². The maximum Gasteiger partial charge on any atom is 0.249 e. The molecule has 1 N–H and O–H groups in total. The Bertz CT molecular complexity index is 642. The first-order valence-corrected chi connectivity index (χ1v) is 7.05. The average Bonchev–Trinajstić information content (AvgIpc) is 2.77. The molecule has 0 bridgehead atoms. The number of hydrazone groups is 1. The minimum Gasteiger partial charge on any atom is -0.272 e. The number of carbonyl (C=O) groups is 1. The van der Waals surface area contributed by atoms with Crippen LogP contribution in [0.2, 0.25) is 0 Å². The van der Waals surface area contributed by atoms with E-state index in [0.29, 0.717) is 5.71 Å². The van der Waals surface area contributed by atoms with Crippen LogP contribution in [0.15, 0.2) is 29.4 Å². The van der Waals surface area contributed by atoms with E-state index < -0.39 is 17.8 Å². The molecule has 0 radical (unpaired) electrons. The lowest BCUT2D eigenvalue weighted by atomic mass is 9.76. The molecule has 1 heterocycles. The topological polar surface area (TPSA) is 89.0 Å². The minimum atomic E-state index is -0.898. The third kappa shape index (κ3) is 2.52. The van der Waals surface area contributed by atoms with E-state index in [4.69, 9.17) is 0 Å². The molecule has 0 unspecified atom stereocenters. The quantitative estimate of drug-likeness (QED) is 0.818. The number of rotatable bonds is 3. The highest BCUT2D eigenvalue weighted by molar-refractivity contribution is 14.1. The Labute approximate surface area is 130 Å². The summed E-state index contributed by atoms with van der Waals surface area (Å²) in [5.74, 6) is -2.24. The number of nitrogens with zero attached hydrogens (tertiary/aromatic N) is 3. The van der Waals surface area contributed by atoms with Crippen molar-refractivity contribution in [3.63, 3.8) is 0 Å². The van der Waals surface area contributed by atoms with Crippen LogP contribution in [0.25, 0.3) is 0 Å². The molecule has 20 heavy (non-hydrogen) atoms. The predicted octanol–water partition coefficient (Wildman–Crippen LogP) is 2.16. The third-order valence-electron chi connectivity index (χ3n) is 3.34. The van der Waals surface area contributed by atoms with Crippen molar-refractivity contribution in [2.24, 2.45) is 16.9 Å². The molecule has 6 heteroatoms. The van der Waals surface area contributed by atoms with E-state index in [-0.39, 0.29) is 5.91 Å². The zero-order valence-electron chi connectivity index (χ0n) is 10.7. The van der Waals surface area contributed by atoms with Gasteiger partial charge in [0, 0.05) is 15.2 Å². The fraction of sp³-hybridized carbons (Fsp3) is 0.286. The van der Waals surface area contributed by atoms with E-state index in [9.17, 15) is 15.3 Å². The number of hydrogen-bond acceptors (Lipinski definition) is 4. The zero-order chi connectivity index (χ0) is 14.7. The molecule has 0 aromatic heterocycles. The third-order valence-corrected chi connectivity index (χ3v) is 4.32. The number of carbonyl (C=O) groups excluding carboxylic acids is 1. The Morgan fingerprint density at radius 1 is 1.35 bits per heavy atom. The van der Waals surface area contributed by atoms with Crippen LogP contribution in [-0.2, 0) is 4.79 Å². The van der Waals surface area contributed by atoms with Crippen molar-refractivity contribution in [2.75, 3.05) is 0 Å². The second-order valence-corrected chi connectivity index (χ2v) is 5.65. The standard InChI is InChI=1S/C14H11IN4O/c1-8-12(14(20)19-18-8)13(9(6-16)7-17)10-4-2-3-5-11(10)15/h2-5,9,12-13H,1H3,(H,19,20)/t12-,13+/m1/s1. The van der Waals surface area contributed by atoms with Crippen molar-refractivity contribution < 1.29 is 4.79 Å². The molecule has 0 fully saturated rings. The monoisotopic (exact) mass is 378 g/mol. The molecule has 1 amide bonds. The average molecular weight is 378 g/mol. The lowest BCUT2D eigenvalue weighted by molar-refractivity contribution is -0.122. The van der Waals surface area contributed by atoms with Gasteiger partial charge in [0.1, 0.15) is 5.92 Å². The van der Waals surface area contributed by atoms with Crippen molar-refractivity contribution in [2.45, 2.75) is 12.8 Å². The second-order valence-electron chi connectivity index (χ2n) is 4.49. The summed E-state index contributed by atoms with van der Waals surface area (Å²) < 4.78 is 0.929. The highest BCUT2D eigenvalue weighted by Gasteiger charge is 2.41. The number of amides is 1. The fourth-order valence-electron chi connectivity index (χ4n) is 2.38. The molecule has 100 valence electrons. The summed E-state index contributed by atoms with van der Waals surface area (Å²) in [4.78, 5) is 12.0. The van der Waals surface area contributed by atoms with Crippen molar-refractivity contribution in [3.8, 4) is 12.1 Å². The highest BCUT2D eigenvalue weighted by Crippen LogP contribution is 2.36. The predicted molar refractivity (Wildman–Crippen MR) is 81.4 cm³/mol. The van der Waals surface area contributed by atoms with Gasteiger partial charge in [-0.05, 0) is 41.1 Å². The Hall–Kier alpha value is -1.93. The molecule has 5 nitrogen and oxygen atoms in total. The van der Waals surface area contributed by atoms with Gasteiger partial charge in [-0.2, -0.15) is 15.6 Å². The summed E-state index contributed by atoms with van der Waals surface area (Å²) in [6.07, 6.45) is 0. The molecule has 0 saturated carbocycles. The Morgan fingerprint density at radius 3 is 2.50 bits per heavy atom. The van der Waals surface area contributed by atoms with E-state index in [1.807, 2.05) is 36.4 Å². The molecule has 2 atom stereocenters. The van der Waals surface area contributed by atoms with Gasteiger partial charge >= 0.3 is 0 Å². The van der Waals surface area contributed by atoms with E-state index in [1.165, 1.54) is 0 Å². The number of nitrogens with one attached hydrogen (secondary N) is 1. The summed E-state index contributed by atoms with van der Waals surface area (Å²) in [5, 5.41) is 22.4.